The van der Waals surface area contributed by atoms with Gasteiger partial charge in [-0.2, -0.15) is 0 Å². The minimum Gasteiger partial charge on any atom is -0.481 e. The van der Waals surface area contributed by atoms with Gasteiger partial charge in [0.1, 0.15) is 0 Å². The van der Waals surface area contributed by atoms with Crippen molar-refractivity contribution in [1.82, 2.24) is 4.90 Å². The van der Waals surface area contributed by atoms with Crippen molar-refractivity contribution in [2.24, 2.45) is 5.92 Å². The number of amides is 1. The molecule has 1 amide bonds. The van der Waals surface area contributed by atoms with Gasteiger partial charge in [-0.25, -0.2) is 0 Å². The van der Waals surface area contributed by atoms with E-state index in [9.17, 15) is 9.59 Å². The first-order valence-corrected chi connectivity index (χ1v) is 6.14. The van der Waals surface area contributed by atoms with Gasteiger partial charge in [0.05, 0.1) is 5.92 Å². The number of fused-ring (bicyclic) bond motifs is 1. The second kappa shape index (κ2) is 4.80. The number of carboxylic acids is 1. The van der Waals surface area contributed by atoms with Crippen molar-refractivity contribution >= 4 is 11.9 Å². The van der Waals surface area contributed by atoms with E-state index in [2.05, 4.69) is 0 Å². The molecule has 4 nitrogen and oxygen atoms in total. The zero-order valence-corrected chi connectivity index (χ0v) is 10.6. The molecule has 1 N–H and O–H groups in total. The summed E-state index contributed by atoms with van der Waals surface area (Å²) in [4.78, 5) is 25.0. The standard InChI is InChI=1S/C14H17NO3/c1-9(14(17)18)10(2)15-8-7-11-5-3-4-6-12(11)13(15)16/h3-6,9-10H,7-8H2,1-2H3,(H,17,18). The Kier molecular flexibility index (Phi) is 3.36. The molecule has 0 radical (unpaired) electrons. The van der Waals surface area contributed by atoms with Crippen molar-refractivity contribution in [2.45, 2.75) is 26.3 Å². The Labute approximate surface area is 106 Å². The van der Waals surface area contributed by atoms with E-state index in [0.717, 1.165) is 12.0 Å². The van der Waals surface area contributed by atoms with Crippen molar-refractivity contribution in [3.63, 3.8) is 0 Å². The monoisotopic (exact) mass is 247 g/mol. The maximum absolute atomic E-state index is 12.3. The highest BCUT2D eigenvalue weighted by Crippen LogP contribution is 2.23. The van der Waals surface area contributed by atoms with Gasteiger partial charge in [0.25, 0.3) is 5.91 Å². The Bertz CT molecular complexity index is 484. The Morgan fingerprint density at radius 2 is 2.00 bits per heavy atom. The number of nitrogens with zero attached hydrogens (tertiary/aromatic N) is 1. The zero-order chi connectivity index (χ0) is 13.3. The van der Waals surface area contributed by atoms with E-state index in [4.69, 9.17) is 5.11 Å². The van der Waals surface area contributed by atoms with E-state index >= 15 is 0 Å². The summed E-state index contributed by atoms with van der Waals surface area (Å²) in [6.07, 6.45) is 0.790. The summed E-state index contributed by atoms with van der Waals surface area (Å²) in [6.45, 7) is 4.03. The molecule has 0 saturated carbocycles. The molecule has 1 aliphatic rings. The smallest absolute Gasteiger partial charge is 0.308 e. The van der Waals surface area contributed by atoms with Gasteiger partial charge in [0.2, 0.25) is 0 Å². The Morgan fingerprint density at radius 3 is 2.67 bits per heavy atom. The average Bonchev–Trinajstić information content (AvgIpc) is 2.37. The lowest BCUT2D eigenvalue weighted by atomic mass is 9.94. The van der Waals surface area contributed by atoms with Crippen LogP contribution in [-0.4, -0.2) is 34.5 Å². The molecule has 1 aromatic carbocycles. The van der Waals surface area contributed by atoms with Gasteiger partial charge in [-0.1, -0.05) is 18.2 Å². The van der Waals surface area contributed by atoms with Crippen LogP contribution < -0.4 is 0 Å². The molecule has 2 unspecified atom stereocenters. The number of carbonyl (C=O) groups is 2. The molecule has 1 aromatic rings. The SMILES string of the molecule is CC(C(=O)O)C(C)N1CCc2ccccc2C1=O. The number of hydrogen-bond donors (Lipinski definition) is 1. The van der Waals surface area contributed by atoms with Crippen LogP contribution in [0, 0.1) is 5.92 Å². The van der Waals surface area contributed by atoms with Crippen LogP contribution >= 0.6 is 0 Å². The normalized spacial score (nSPS) is 18.1. The van der Waals surface area contributed by atoms with Gasteiger partial charge in [-0.15, -0.1) is 0 Å². The Balaban J connectivity index is 2.24. The maximum atomic E-state index is 12.3. The van der Waals surface area contributed by atoms with Crippen LogP contribution in [0.5, 0.6) is 0 Å². The molecule has 0 fully saturated rings. The highest BCUT2D eigenvalue weighted by molar-refractivity contribution is 5.97. The third-order valence-corrected chi connectivity index (χ3v) is 3.74. The summed E-state index contributed by atoms with van der Waals surface area (Å²) in [5.41, 5.74) is 1.75. The lowest BCUT2D eigenvalue weighted by Crippen LogP contribution is -2.47. The largest absolute Gasteiger partial charge is 0.481 e. The minimum atomic E-state index is -0.867. The molecule has 18 heavy (non-hydrogen) atoms. The van der Waals surface area contributed by atoms with E-state index < -0.39 is 11.9 Å². The zero-order valence-electron chi connectivity index (χ0n) is 10.6. The van der Waals surface area contributed by atoms with E-state index in [1.54, 1.807) is 18.7 Å². The summed E-state index contributed by atoms with van der Waals surface area (Å²) in [5, 5.41) is 9.03. The Morgan fingerprint density at radius 1 is 1.33 bits per heavy atom. The van der Waals surface area contributed by atoms with E-state index in [-0.39, 0.29) is 11.9 Å². The predicted molar refractivity (Wildman–Crippen MR) is 67.4 cm³/mol. The van der Waals surface area contributed by atoms with Crippen LogP contribution in [0.25, 0.3) is 0 Å². The van der Waals surface area contributed by atoms with Gasteiger partial charge in [0, 0.05) is 18.2 Å². The summed E-state index contributed by atoms with van der Waals surface area (Å²) < 4.78 is 0. The first kappa shape index (κ1) is 12.6. The van der Waals surface area contributed by atoms with Crippen molar-refractivity contribution < 1.29 is 14.7 Å². The van der Waals surface area contributed by atoms with Gasteiger partial charge < -0.3 is 10.0 Å². The lowest BCUT2D eigenvalue weighted by Gasteiger charge is -2.35. The van der Waals surface area contributed by atoms with E-state index in [0.29, 0.717) is 12.1 Å². The van der Waals surface area contributed by atoms with Gasteiger partial charge in [-0.05, 0) is 31.9 Å². The lowest BCUT2D eigenvalue weighted by molar-refractivity contribution is -0.142. The first-order chi connectivity index (χ1) is 8.52. The van der Waals surface area contributed by atoms with Crippen molar-refractivity contribution in [3.05, 3.63) is 35.4 Å². The number of rotatable bonds is 3. The fourth-order valence-electron chi connectivity index (χ4n) is 2.31. The molecule has 0 aromatic heterocycles. The second-order valence-corrected chi connectivity index (χ2v) is 4.77. The van der Waals surface area contributed by atoms with Crippen LogP contribution in [0.2, 0.25) is 0 Å². The molecule has 0 bridgehead atoms. The van der Waals surface area contributed by atoms with Gasteiger partial charge in [0.15, 0.2) is 0 Å². The topological polar surface area (TPSA) is 57.6 Å². The summed E-state index contributed by atoms with van der Waals surface area (Å²) in [7, 11) is 0. The van der Waals surface area contributed by atoms with Crippen molar-refractivity contribution in [2.75, 3.05) is 6.54 Å². The van der Waals surface area contributed by atoms with Gasteiger partial charge in [-0.3, -0.25) is 9.59 Å². The van der Waals surface area contributed by atoms with E-state index in [1.165, 1.54) is 0 Å². The van der Waals surface area contributed by atoms with E-state index in [1.807, 2.05) is 24.3 Å². The maximum Gasteiger partial charge on any atom is 0.308 e. The molecule has 1 heterocycles. The number of hydrogen-bond acceptors (Lipinski definition) is 2. The fraction of sp³-hybridized carbons (Fsp3) is 0.429. The molecule has 4 heteroatoms. The molecule has 0 aliphatic carbocycles. The van der Waals surface area contributed by atoms with Gasteiger partial charge >= 0.3 is 5.97 Å². The molecular weight excluding hydrogens is 230 g/mol. The molecule has 96 valence electrons. The summed E-state index contributed by atoms with van der Waals surface area (Å²) >= 11 is 0. The summed E-state index contributed by atoms with van der Waals surface area (Å²) in [6, 6.07) is 7.23. The van der Waals surface area contributed by atoms with Crippen LogP contribution in [0.1, 0.15) is 29.8 Å². The second-order valence-electron chi connectivity index (χ2n) is 4.77. The molecule has 0 saturated heterocycles. The number of carboxylic acid groups (broad SMARTS) is 1. The third-order valence-electron chi connectivity index (χ3n) is 3.74. The highest BCUT2D eigenvalue weighted by atomic mass is 16.4. The summed E-state index contributed by atoms with van der Waals surface area (Å²) in [5.74, 6) is -1.48. The molecule has 2 rings (SSSR count). The predicted octanol–water partition coefficient (Wildman–Crippen LogP) is 1.79. The quantitative estimate of drug-likeness (QED) is 0.886. The van der Waals surface area contributed by atoms with Crippen molar-refractivity contribution in [1.29, 1.82) is 0 Å². The van der Waals surface area contributed by atoms with Crippen LogP contribution in [0.4, 0.5) is 0 Å². The highest BCUT2D eigenvalue weighted by Gasteiger charge is 2.32. The first-order valence-electron chi connectivity index (χ1n) is 6.14. The van der Waals surface area contributed by atoms with Crippen molar-refractivity contribution in [3.8, 4) is 0 Å². The number of carbonyl (C=O) groups excluding carboxylic acids is 1. The number of aliphatic carboxylic acids is 1. The minimum absolute atomic E-state index is 0.0579. The molecular formula is C14H17NO3. The van der Waals surface area contributed by atoms with Crippen LogP contribution in [-0.2, 0) is 11.2 Å². The van der Waals surface area contributed by atoms with Crippen LogP contribution in [0.3, 0.4) is 0 Å². The average molecular weight is 247 g/mol. The number of benzene rings is 1. The molecule has 2 atom stereocenters. The Hall–Kier alpha value is -1.84. The molecule has 1 aliphatic heterocycles. The molecule has 0 spiro atoms. The van der Waals surface area contributed by atoms with Crippen LogP contribution in [0.15, 0.2) is 24.3 Å². The third kappa shape index (κ3) is 2.10. The fourth-order valence-corrected chi connectivity index (χ4v) is 2.31.